The number of nitrogens with zero attached hydrogens (tertiary/aromatic N) is 1. The molecule has 2 aliphatic rings. The Kier molecular flexibility index (Phi) is 5.46. The van der Waals surface area contributed by atoms with Crippen LogP contribution in [-0.4, -0.2) is 42.7 Å². The minimum Gasteiger partial charge on any atom is -0.489 e. The topological polar surface area (TPSA) is 38.8 Å². The summed E-state index contributed by atoms with van der Waals surface area (Å²) >= 11 is 0. The first kappa shape index (κ1) is 19.0. The molecule has 0 bridgehead atoms. The summed E-state index contributed by atoms with van der Waals surface area (Å²) in [5.41, 5.74) is -1.33. The van der Waals surface area contributed by atoms with Crippen LogP contribution in [-0.2, 0) is 15.7 Å². The van der Waals surface area contributed by atoms with E-state index < -0.39 is 17.3 Å². The lowest BCUT2D eigenvalue weighted by atomic mass is 9.80. The summed E-state index contributed by atoms with van der Waals surface area (Å²) in [4.78, 5) is 14.6. The number of hydrogen-bond donors (Lipinski definition) is 0. The maximum atomic E-state index is 12.8. The van der Waals surface area contributed by atoms with Crippen molar-refractivity contribution in [2.75, 3.05) is 20.2 Å². The van der Waals surface area contributed by atoms with Gasteiger partial charge in [-0.3, -0.25) is 9.69 Å². The van der Waals surface area contributed by atoms with Crippen molar-refractivity contribution in [1.82, 2.24) is 4.90 Å². The second-order valence-electron chi connectivity index (χ2n) is 7.08. The molecule has 1 heterocycles. The lowest BCUT2D eigenvalue weighted by Gasteiger charge is -2.42. The molecule has 0 radical (unpaired) electrons. The summed E-state index contributed by atoms with van der Waals surface area (Å²) in [5.74, 6) is -0.000596. The lowest BCUT2D eigenvalue weighted by Crippen LogP contribution is -2.55. The van der Waals surface area contributed by atoms with E-state index in [2.05, 4.69) is 4.90 Å². The smallest absolute Gasteiger partial charge is 0.416 e. The maximum Gasteiger partial charge on any atom is 0.416 e. The molecule has 7 heteroatoms. The number of halogens is 3. The van der Waals surface area contributed by atoms with E-state index in [0.29, 0.717) is 19.5 Å². The first-order chi connectivity index (χ1) is 12.3. The highest BCUT2D eigenvalue weighted by Gasteiger charge is 2.48. The van der Waals surface area contributed by atoms with Crippen molar-refractivity contribution < 1.29 is 27.4 Å². The van der Waals surface area contributed by atoms with Crippen LogP contribution in [0.2, 0.25) is 0 Å². The van der Waals surface area contributed by atoms with Crippen LogP contribution in [0.4, 0.5) is 13.2 Å². The van der Waals surface area contributed by atoms with E-state index in [1.54, 1.807) is 0 Å². The average molecular weight is 371 g/mol. The maximum absolute atomic E-state index is 12.8. The predicted molar refractivity (Wildman–Crippen MR) is 89.9 cm³/mol. The normalized spacial score (nSPS) is 23.6. The molecule has 144 valence electrons. The Morgan fingerprint density at radius 3 is 2.62 bits per heavy atom. The quantitative estimate of drug-likeness (QED) is 0.749. The molecule has 2 fully saturated rings. The fourth-order valence-corrected chi connectivity index (χ4v) is 4.13. The fraction of sp³-hybridized carbons (Fsp3) is 0.632. The second-order valence-corrected chi connectivity index (χ2v) is 7.08. The third-order valence-corrected chi connectivity index (χ3v) is 5.46. The zero-order valence-electron chi connectivity index (χ0n) is 14.8. The molecule has 0 unspecified atom stereocenters. The Bertz CT molecular complexity index is 641. The standard InChI is InChI=1S/C19H24F3NO3/c1-25-17(24)18(9-3-2-4-10-18)23-11-8-16(13-23)26-15-7-5-6-14(12-15)19(20,21)22/h5-7,12,16H,2-4,8-11,13H2,1H3/t16-/m1/s1. The van der Waals surface area contributed by atoms with E-state index in [1.165, 1.54) is 19.2 Å². The first-order valence-electron chi connectivity index (χ1n) is 9.02. The summed E-state index contributed by atoms with van der Waals surface area (Å²) in [5, 5.41) is 0. The number of likely N-dealkylation sites (tertiary alicyclic amines) is 1. The van der Waals surface area contributed by atoms with Gasteiger partial charge in [-0.05, 0) is 37.5 Å². The van der Waals surface area contributed by atoms with Gasteiger partial charge in [-0.1, -0.05) is 25.3 Å². The molecule has 1 atom stereocenters. The lowest BCUT2D eigenvalue weighted by molar-refractivity contribution is -0.157. The van der Waals surface area contributed by atoms with Crippen LogP contribution in [0.5, 0.6) is 5.75 Å². The Morgan fingerprint density at radius 1 is 1.23 bits per heavy atom. The van der Waals surface area contributed by atoms with Gasteiger partial charge in [-0.2, -0.15) is 13.2 Å². The number of benzene rings is 1. The fourth-order valence-electron chi connectivity index (χ4n) is 4.13. The third kappa shape index (κ3) is 3.82. The van der Waals surface area contributed by atoms with Gasteiger partial charge in [0.25, 0.3) is 0 Å². The van der Waals surface area contributed by atoms with Gasteiger partial charge >= 0.3 is 12.1 Å². The van der Waals surface area contributed by atoms with Crippen molar-refractivity contribution in [3.8, 4) is 5.75 Å². The zero-order chi connectivity index (χ0) is 18.8. The van der Waals surface area contributed by atoms with Gasteiger partial charge in [-0.15, -0.1) is 0 Å². The molecule has 0 aromatic heterocycles. The highest BCUT2D eigenvalue weighted by molar-refractivity contribution is 5.81. The zero-order valence-corrected chi connectivity index (χ0v) is 14.8. The van der Waals surface area contributed by atoms with Gasteiger partial charge in [0, 0.05) is 13.1 Å². The van der Waals surface area contributed by atoms with Crippen LogP contribution in [0.15, 0.2) is 24.3 Å². The van der Waals surface area contributed by atoms with Crippen LogP contribution in [0, 0.1) is 0 Å². The van der Waals surface area contributed by atoms with E-state index in [1.807, 2.05) is 0 Å². The van der Waals surface area contributed by atoms with Crippen LogP contribution < -0.4 is 4.74 Å². The second kappa shape index (κ2) is 7.47. The predicted octanol–water partition coefficient (Wildman–Crippen LogP) is 4.03. The van der Waals surface area contributed by atoms with E-state index in [4.69, 9.17) is 9.47 Å². The number of rotatable bonds is 4. The number of carbonyl (C=O) groups excluding carboxylic acids is 1. The summed E-state index contributed by atoms with van der Waals surface area (Å²) in [6, 6.07) is 4.94. The van der Waals surface area contributed by atoms with Crippen molar-refractivity contribution >= 4 is 5.97 Å². The number of esters is 1. The highest BCUT2D eigenvalue weighted by Crippen LogP contribution is 2.38. The van der Waals surface area contributed by atoms with Gasteiger partial charge < -0.3 is 9.47 Å². The Balaban J connectivity index is 1.69. The van der Waals surface area contributed by atoms with Crippen molar-refractivity contribution in [3.63, 3.8) is 0 Å². The third-order valence-electron chi connectivity index (χ3n) is 5.46. The first-order valence-corrected chi connectivity index (χ1v) is 9.02. The molecule has 1 aliphatic carbocycles. The van der Waals surface area contributed by atoms with E-state index in [9.17, 15) is 18.0 Å². The van der Waals surface area contributed by atoms with Crippen LogP contribution in [0.25, 0.3) is 0 Å². The number of alkyl halides is 3. The molecule has 0 spiro atoms. The van der Waals surface area contributed by atoms with Crippen molar-refractivity contribution in [3.05, 3.63) is 29.8 Å². The summed E-state index contributed by atoms with van der Waals surface area (Å²) in [6.07, 6.45) is 0.632. The molecule has 4 nitrogen and oxygen atoms in total. The Hall–Kier alpha value is -1.76. The SMILES string of the molecule is COC(=O)C1(N2CC[C@@H](Oc3cccc(C(F)(F)F)c3)C2)CCCCC1. The van der Waals surface area contributed by atoms with Crippen LogP contribution in [0.3, 0.4) is 0 Å². The molecule has 26 heavy (non-hydrogen) atoms. The molecule has 0 amide bonds. The number of hydrogen-bond acceptors (Lipinski definition) is 4. The molecule has 1 aromatic carbocycles. The largest absolute Gasteiger partial charge is 0.489 e. The summed E-state index contributed by atoms with van der Waals surface area (Å²) in [7, 11) is 1.41. The van der Waals surface area contributed by atoms with E-state index in [-0.39, 0.29) is 17.8 Å². The summed E-state index contributed by atoms with van der Waals surface area (Å²) < 4.78 is 49.4. The molecule has 0 N–H and O–H groups in total. The summed E-state index contributed by atoms with van der Waals surface area (Å²) in [6.45, 7) is 1.20. The molecule has 1 saturated carbocycles. The van der Waals surface area contributed by atoms with Gasteiger partial charge in [0.05, 0.1) is 12.7 Å². The molecule has 3 rings (SSSR count). The van der Waals surface area contributed by atoms with Crippen LogP contribution >= 0.6 is 0 Å². The highest BCUT2D eigenvalue weighted by atomic mass is 19.4. The number of methoxy groups -OCH3 is 1. The number of carbonyl (C=O) groups is 1. The van der Waals surface area contributed by atoms with Gasteiger partial charge in [-0.25, -0.2) is 0 Å². The molecular weight excluding hydrogens is 347 g/mol. The van der Waals surface area contributed by atoms with Crippen molar-refractivity contribution in [2.24, 2.45) is 0 Å². The minimum absolute atomic E-state index is 0.211. The monoisotopic (exact) mass is 371 g/mol. The van der Waals surface area contributed by atoms with Gasteiger partial charge in [0.15, 0.2) is 0 Å². The van der Waals surface area contributed by atoms with Crippen molar-refractivity contribution in [2.45, 2.75) is 56.3 Å². The molecule has 1 aliphatic heterocycles. The average Bonchev–Trinajstić information content (AvgIpc) is 3.10. The van der Waals surface area contributed by atoms with Gasteiger partial charge in [0.2, 0.25) is 0 Å². The van der Waals surface area contributed by atoms with Crippen molar-refractivity contribution in [1.29, 1.82) is 0 Å². The van der Waals surface area contributed by atoms with Crippen LogP contribution in [0.1, 0.15) is 44.1 Å². The molecule has 1 saturated heterocycles. The minimum atomic E-state index is -4.39. The van der Waals surface area contributed by atoms with E-state index >= 15 is 0 Å². The molecular formula is C19H24F3NO3. The Labute approximate surface area is 151 Å². The molecule has 1 aromatic rings. The Morgan fingerprint density at radius 2 is 1.96 bits per heavy atom. The number of ether oxygens (including phenoxy) is 2. The van der Waals surface area contributed by atoms with E-state index in [0.717, 1.165) is 44.2 Å². The van der Waals surface area contributed by atoms with Gasteiger partial charge in [0.1, 0.15) is 17.4 Å².